The van der Waals surface area contributed by atoms with E-state index in [1.165, 1.54) is 4.31 Å². The minimum Gasteiger partial charge on any atom is -0.336 e. The lowest BCUT2D eigenvalue weighted by atomic mass is 10.1. The number of hydrogen-bond donors (Lipinski definition) is 0. The molecule has 1 aromatic heterocycles. The van der Waals surface area contributed by atoms with Crippen molar-refractivity contribution in [2.45, 2.75) is 32.6 Å². The topological polar surface area (TPSA) is 75.5 Å². The maximum Gasteiger partial charge on any atom is 0.257 e. The van der Waals surface area contributed by atoms with E-state index in [1.807, 2.05) is 58.0 Å². The number of carbonyl (C=O) groups is 1. The van der Waals surface area contributed by atoms with Crippen molar-refractivity contribution in [1.82, 2.24) is 19.0 Å². The van der Waals surface area contributed by atoms with Gasteiger partial charge in [-0.1, -0.05) is 24.3 Å². The van der Waals surface area contributed by atoms with Gasteiger partial charge in [0, 0.05) is 26.2 Å². The summed E-state index contributed by atoms with van der Waals surface area (Å²) >= 11 is 0. The van der Waals surface area contributed by atoms with Gasteiger partial charge in [-0.25, -0.2) is 13.1 Å². The Morgan fingerprint density at radius 1 is 0.875 bits per heavy atom. The molecule has 1 aliphatic heterocycles. The van der Waals surface area contributed by atoms with Crippen molar-refractivity contribution in [3.63, 3.8) is 0 Å². The lowest BCUT2D eigenvalue weighted by molar-refractivity contribution is 0.0697. The van der Waals surface area contributed by atoms with Crippen LogP contribution in [0.2, 0.25) is 0 Å². The summed E-state index contributed by atoms with van der Waals surface area (Å²) < 4.78 is 29.3. The quantitative estimate of drug-likeness (QED) is 0.609. The van der Waals surface area contributed by atoms with Crippen LogP contribution >= 0.6 is 0 Å². The Bertz CT molecular complexity index is 1270. The molecular weight excluding hydrogens is 424 g/mol. The lowest BCUT2D eigenvalue weighted by Gasteiger charge is -2.34. The molecule has 0 unspecified atom stereocenters. The van der Waals surface area contributed by atoms with Gasteiger partial charge in [0.2, 0.25) is 10.0 Å². The van der Waals surface area contributed by atoms with Gasteiger partial charge in [0.05, 0.1) is 28.0 Å². The van der Waals surface area contributed by atoms with Gasteiger partial charge in [0.25, 0.3) is 5.91 Å². The van der Waals surface area contributed by atoms with Crippen molar-refractivity contribution in [1.29, 1.82) is 0 Å². The summed E-state index contributed by atoms with van der Waals surface area (Å²) in [5.41, 5.74) is 5.33. The Morgan fingerprint density at radius 2 is 1.56 bits per heavy atom. The Hall–Kier alpha value is -2.97. The number of aromatic nitrogens is 2. The maximum atomic E-state index is 13.2. The fourth-order valence-electron chi connectivity index (χ4n) is 3.99. The zero-order chi connectivity index (χ0) is 23.0. The second-order valence-corrected chi connectivity index (χ2v) is 10.2. The van der Waals surface area contributed by atoms with Crippen molar-refractivity contribution in [3.8, 4) is 5.69 Å². The second kappa shape index (κ2) is 8.52. The number of piperazine rings is 1. The summed E-state index contributed by atoms with van der Waals surface area (Å²) in [4.78, 5) is 15.2. The molecule has 0 aliphatic carbocycles. The van der Waals surface area contributed by atoms with E-state index in [1.54, 1.807) is 27.9 Å². The number of carbonyl (C=O) groups excluding carboxylic acids is 1. The highest BCUT2D eigenvalue weighted by Crippen LogP contribution is 2.22. The van der Waals surface area contributed by atoms with Crippen molar-refractivity contribution in [2.75, 3.05) is 26.2 Å². The highest BCUT2D eigenvalue weighted by atomic mass is 32.2. The van der Waals surface area contributed by atoms with Crippen molar-refractivity contribution in [2.24, 2.45) is 0 Å². The Kier molecular flexibility index (Phi) is 5.92. The third-order valence-corrected chi connectivity index (χ3v) is 8.12. The maximum absolute atomic E-state index is 13.2. The van der Waals surface area contributed by atoms with E-state index < -0.39 is 10.0 Å². The van der Waals surface area contributed by atoms with Crippen molar-refractivity contribution in [3.05, 3.63) is 76.6 Å². The normalized spacial score (nSPS) is 15.2. The van der Waals surface area contributed by atoms with Crippen LogP contribution in [-0.4, -0.2) is 59.5 Å². The fourth-order valence-corrected chi connectivity index (χ4v) is 5.50. The van der Waals surface area contributed by atoms with Gasteiger partial charge < -0.3 is 4.90 Å². The number of para-hydroxylation sites is 1. The number of sulfonamides is 1. The third-order valence-electron chi connectivity index (χ3n) is 6.23. The minimum absolute atomic E-state index is 0.120. The van der Waals surface area contributed by atoms with Gasteiger partial charge >= 0.3 is 0 Å². The summed E-state index contributed by atoms with van der Waals surface area (Å²) in [5.74, 6) is -0.120. The molecule has 1 fully saturated rings. The van der Waals surface area contributed by atoms with E-state index in [4.69, 9.17) is 0 Å². The second-order valence-electron chi connectivity index (χ2n) is 8.28. The molecule has 3 aromatic rings. The Morgan fingerprint density at radius 3 is 2.22 bits per heavy atom. The van der Waals surface area contributed by atoms with Crippen LogP contribution in [0.3, 0.4) is 0 Å². The SMILES string of the molecule is Cc1ccc(S(=O)(=O)N2CCN(C(=O)c3cnn(-c4ccccc4C)c3C)CC2)cc1C. The van der Waals surface area contributed by atoms with Gasteiger partial charge in [-0.15, -0.1) is 0 Å². The van der Waals surface area contributed by atoms with Gasteiger partial charge in [-0.3, -0.25) is 4.79 Å². The highest BCUT2D eigenvalue weighted by molar-refractivity contribution is 7.89. The first-order valence-electron chi connectivity index (χ1n) is 10.7. The molecule has 0 bridgehead atoms. The highest BCUT2D eigenvalue weighted by Gasteiger charge is 2.31. The van der Waals surface area contributed by atoms with E-state index in [0.29, 0.717) is 23.5 Å². The van der Waals surface area contributed by atoms with Crippen LogP contribution in [0.15, 0.2) is 53.6 Å². The number of nitrogens with zero attached hydrogens (tertiary/aromatic N) is 4. The van der Waals surface area contributed by atoms with E-state index in [0.717, 1.165) is 28.1 Å². The monoisotopic (exact) mass is 452 g/mol. The smallest absolute Gasteiger partial charge is 0.257 e. The molecule has 0 spiro atoms. The molecular formula is C24H28N4O3S. The molecule has 0 saturated carbocycles. The van der Waals surface area contributed by atoms with Crippen molar-refractivity contribution >= 4 is 15.9 Å². The number of amides is 1. The number of hydrogen-bond acceptors (Lipinski definition) is 4. The van der Waals surface area contributed by atoms with Crippen LogP contribution in [0, 0.1) is 27.7 Å². The zero-order valence-electron chi connectivity index (χ0n) is 18.9. The van der Waals surface area contributed by atoms with Crippen LogP contribution < -0.4 is 0 Å². The summed E-state index contributed by atoms with van der Waals surface area (Å²) in [6.07, 6.45) is 1.60. The molecule has 4 rings (SSSR count). The molecule has 0 radical (unpaired) electrons. The molecule has 168 valence electrons. The van der Waals surface area contributed by atoms with Crippen LogP contribution in [0.1, 0.15) is 32.7 Å². The van der Waals surface area contributed by atoms with E-state index in [9.17, 15) is 13.2 Å². The number of rotatable bonds is 4. The molecule has 1 amide bonds. The van der Waals surface area contributed by atoms with Crippen LogP contribution in [-0.2, 0) is 10.0 Å². The molecule has 7 nitrogen and oxygen atoms in total. The van der Waals surface area contributed by atoms with E-state index >= 15 is 0 Å². The first kappa shape index (κ1) is 22.2. The molecule has 32 heavy (non-hydrogen) atoms. The molecule has 0 N–H and O–H groups in total. The number of benzene rings is 2. The number of aryl methyl sites for hydroxylation is 3. The summed E-state index contributed by atoms with van der Waals surface area (Å²) in [7, 11) is -3.58. The average Bonchev–Trinajstić information content (AvgIpc) is 3.16. The largest absolute Gasteiger partial charge is 0.336 e. The minimum atomic E-state index is -3.58. The standard InChI is InChI=1S/C24H28N4O3S/c1-17-9-10-21(15-19(17)3)32(30,31)27-13-11-26(12-14-27)24(29)22-16-25-28(20(22)4)23-8-6-5-7-18(23)2/h5-10,15-16H,11-14H2,1-4H3. The third kappa shape index (κ3) is 3.96. The molecule has 1 saturated heterocycles. The predicted octanol–water partition coefficient (Wildman–Crippen LogP) is 3.25. The van der Waals surface area contributed by atoms with E-state index in [-0.39, 0.29) is 19.0 Å². The van der Waals surface area contributed by atoms with Crippen LogP contribution in [0.5, 0.6) is 0 Å². The molecule has 8 heteroatoms. The summed E-state index contributed by atoms with van der Waals surface area (Å²) in [6, 6.07) is 13.1. The van der Waals surface area contributed by atoms with Crippen LogP contribution in [0.4, 0.5) is 0 Å². The molecule has 0 atom stereocenters. The van der Waals surface area contributed by atoms with Crippen molar-refractivity contribution < 1.29 is 13.2 Å². The van der Waals surface area contributed by atoms with Gasteiger partial charge in [-0.05, 0) is 62.6 Å². The zero-order valence-corrected chi connectivity index (χ0v) is 19.7. The first-order chi connectivity index (χ1) is 15.2. The average molecular weight is 453 g/mol. The van der Waals surface area contributed by atoms with Gasteiger partial charge in [0.1, 0.15) is 0 Å². The molecule has 2 heterocycles. The van der Waals surface area contributed by atoms with Crippen LogP contribution in [0.25, 0.3) is 5.69 Å². The van der Waals surface area contributed by atoms with Gasteiger partial charge in [-0.2, -0.15) is 9.40 Å². The lowest BCUT2D eigenvalue weighted by Crippen LogP contribution is -2.50. The first-order valence-corrected chi connectivity index (χ1v) is 12.1. The Balaban J connectivity index is 1.49. The summed E-state index contributed by atoms with van der Waals surface area (Å²) in [6.45, 7) is 8.98. The molecule has 2 aromatic carbocycles. The van der Waals surface area contributed by atoms with E-state index in [2.05, 4.69) is 5.10 Å². The molecule has 1 aliphatic rings. The van der Waals surface area contributed by atoms with Gasteiger partial charge in [0.15, 0.2) is 0 Å². The predicted molar refractivity (Wildman–Crippen MR) is 124 cm³/mol. The fraction of sp³-hybridized carbons (Fsp3) is 0.333. The Labute approximate surface area is 189 Å². The summed E-state index contributed by atoms with van der Waals surface area (Å²) in [5, 5.41) is 4.43.